The van der Waals surface area contributed by atoms with Gasteiger partial charge in [0.25, 0.3) is 0 Å². The number of rotatable bonds is 5. The third-order valence-corrected chi connectivity index (χ3v) is 3.26. The van der Waals surface area contributed by atoms with Gasteiger partial charge in [-0.25, -0.2) is 0 Å². The van der Waals surface area contributed by atoms with E-state index in [9.17, 15) is 5.11 Å². The lowest BCUT2D eigenvalue weighted by atomic mass is 9.91. The van der Waals surface area contributed by atoms with Crippen molar-refractivity contribution in [2.24, 2.45) is 17.6 Å². The van der Waals surface area contributed by atoms with Crippen molar-refractivity contribution in [2.75, 3.05) is 6.54 Å². The van der Waals surface area contributed by atoms with Crippen LogP contribution in [0.5, 0.6) is 0 Å². The van der Waals surface area contributed by atoms with E-state index >= 15 is 0 Å². The Bertz CT molecular complexity index is 471. The van der Waals surface area contributed by atoms with Crippen molar-refractivity contribution in [3.05, 3.63) is 36.1 Å². The Labute approximate surface area is 108 Å². The summed E-state index contributed by atoms with van der Waals surface area (Å²) in [7, 11) is 0. The molecule has 1 heterocycles. The smallest absolute Gasteiger partial charge is 0.134 e. The van der Waals surface area contributed by atoms with Crippen molar-refractivity contribution in [3.63, 3.8) is 0 Å². The third-order valence-electron chi connectivity index (χ3n) is 3.26. The Hall–Kier alpha value is -1.32. The van der Waals surface area contributed by atoms with E-state index in [2.05, 4.69) is 13.8 Å². The highest BCUT2D eigenvalue weighted by molar-refractivity contribution is 5.77. The molecule has 0 spiro atoms. The van der Waals surface area contributed by atoms with Gasteiger partial charge in [-0.1, -0.05) is 32.0 Å². The molecule has 3 nitrogen and oxygen atoms in total. The van der Waals surface area contributed by atoms with Gasteiger partial charge in [0, 0.05) is 11.3 Å². The average molecular weight is 247 g/mol. The van der Waals surface area contributed by atoms with Crippen LogP contribution in [0.3, 0.4) is 0 Å². The molecule has 18 heavy (non-hydrogen) atoms. The van der Waals surface area contributed by atoms with Gasteiger partial charge in [-0.05, 0) is 31.0 Å². The molecular weight excluding hydrogens is 226 g/mol. The van der Waals surface area contributed by atoms with E-state index < -0.39 is 6.10 Å². The zero-order valence-electron chi connectivity index (χ0n) is 11.0. The summed E-state index contributed by atoms with van der Waals surface area (Å²) in [5, 5.41) is 11.4. The van der Waals surface area contributed by atoms with Gasteiger partial charge >= 0.3 is 0 Å². The predicted octanol–water partition coefficient (Wildman–Crippen LogP) is 3.09. The first-order chi connectivity index (χ1) is 8.61. The van der Waals surface area contributed by atoms with Crippen LogP contribution in [0.25, 0.3) is 11.0 Å². The summed E-state index contributed by atoms with van der Waals surface area (Å²) in [6, 6.07) is 9.68. The highest BCUT2D eigenvalue weighted by Crippen LogP contribution is 2.30. The minimum Gasteiger partial charge on any atom is -0.458 e. The molecule has 2 atom stereocenters. The number of hydrogen-bond donors (Lipinski definition) is 2. The lowest BCUT2D eigenvalue weighted by Gasteiger charge is -2.21. The molecule has 2 rings (SSSR count). The molecule has 2 aromatic rings. The van der Waals surface area contributed by atoms with Gasteiger partial charge in [0.1, 0.15) is 17.4 Å². The maximum absolute atomic E-state index is 10.4. The summed E-state index contributed by atoms with van der Waals surface area (Å²) >= 11 is 0. The summed E-state index contributed by atoms with van der Waals surface area (Å²) in [4.78, 5) is 0. The van der Waals surface area contributed by atoms with Crippen LogP contribution in [0.15, 0.2) is 34.7 Å². The van der Waals surface area contributed by atoms with Crippen LogP contribution >= 0.6 is 0 Å². The second-order valence-electron chi connectivity index (χ2n) is 5.26. The molecule has 1 aromatic heterocycles. The first-order valence-corrected chi connectivity index (χ1v) is 6.48. The second-order valence-corrected chi connectivity index (χ2v) is 5.26. The van der Waals surface area contributed by atoms with Crippen LogP contribution in [-0.2, 0) is 0 Å². The molecule has 0 saturated heterocycles. The normalized spacial score (nSPS) is 15.2. The molecule has 0 fully saturated rings. The molecule has 3 N–H and O–H groups in total. The third kappa shape index (κ3) is 2.74. The summed E-state index contributed by atoms with van der Waals surface area (Å²) in [5.41, 5.74) is 6.56. The highest BCUT2D eigenvalue weighted by atomic mass is 16.4. The minimum atomic E-state index is -0.621. The largest absolute Gasteiger partial charge is 0.458 e. The SMILES string of the molecule is CC(C)CC(CN)C(O)c1cc2ccccc2o1. The van der Waals surface area contributed by atoms with Gasteiger partial charge < -0.3 is 15.3 Å². The molecule has 1 aromatic carbocycles. The topological polar surface area (TPSA) is 59.4 Å². The fraction of sp³-hybridized carbons (Fsp3) is 0.467. The quantitative estimate of drug-likeness (QED) is 0.853. The first kappa shape index (κ1) is 13.1. The average Bonchev–Trinajstić information content (AvgIpc) is 2.78. The predicted molar refractivity (Wildman–Crippen MR) is 73.2 cm³/mol. The van der Waals surface area contributed by atoms with E-state index in [0.29, 0.717) is 18.2 Å². The fourth-order valence-corrected chi connectivity index (χ4v) is 2.34. The van der Waals surface area contributed by atoms with Crippen molar-refractivity contribution in [3.8, 4) is 0 Å². The van der Waals surface area contributed by atoms with Crippen LogP contribution in [-0.4, -0.2) is 11.7 Å². The van der Waals surface area contributed by atoms with Crippen molar-refractivity contribution >= 4 is 11.0 Å². The Balaban J connectivity index is 2.23. The minimum absolute atomic E-state index is 0.0468. The van der Waals surface area contributed by atoms with Crippen LogP contribution in [0.1, 0.15) is 32.1 Å². The molecule has 0 saturated carbocycles. The van der Waals surface area contributed by atoms with Crippen LogP contribution in [0.2, 0.25) is 0 Å². The number of hydrogen-bond acceptors (Lipinski definition) is 3. The molecule has 0 radical (unpaired) electrons. The molecule has 0 aliphatic rings. The van der Waals surface area contributed by atoms with Crippen LogP contribution in [0, 0.1) is 11.8 Å². The van der Waals surface area contributed by atoms with Gasteiger partial charge in [-0.15, -0.1) is 0 Å². The monoisotopic (exact) mass is 247 g/mol. The lowest BCUT2D eigenvalue weighted by molar-refractivity contribution is 0.0800. The van der Waals surface area contributed by atoms with E-state index in [-0.39, 0.29) is 5.92 Å². The summed E-state index contributed by atoms with van der Waals surface area (Å²) in [6.07, 6.45) is 0.277. The molecule has 2 unspecified atom stereocenters. The van der Waals surface area contributed by atoms with E-state index in [1.54, 1.807) is 0 Å². The van der Waals surface area contributed by atoms with Gasteiger partial charge in [0.15, 0.2) is 0 Å². The number of benzene rings is 1. The maximum Gasteiger partial charge on any atom is 0.134 e. The molecule has 0 aliphatic carbocycles. The second kappa shape index (κ2) is 5.55. The van der Waals surface area contributed by atoms with Crippen molar-refractivity contribution in [2.45, 2.75) is 26.4 Å². The molecule has 3 heteroatoms. The first-order valence-electron chi connectivity index (χ1n) is 6.48. The van der Waals surface area contributed by atoms with Crippen molar-refractivity contribution < 1.29 is 9.52 Å². The van der Waals surface area contributed by atoms with Crippen LogP contribution < -0.4 is 5.73 Å². The van der Waals surface area contributed by atoms with E-state index in [4.69, 9.17) is 10.2 Å². The zero-order chi connectivity index (χ0) is 13.1. The number of fused-ring (bicyclic) bond motifs is 1. The van der Waals surface area contributed by atoms with E-state index in [1.807, 2.05) is 30.3 Å². The zero-order valence-corrected chi connectivity index (χ0v) is 11.0. The standard InChI is InChI=1S/C15H21NO2/c1-10(2)7-12(9-16)15(17)14-8-11-5-3-4-6-13(11)18-14/h3-6,8,10,12,15,17H,7,9,16H2,1-2H3. The number of para-hydroxylation sites is 1. The Morgan fingerprint density at radius 3 is 2.61 bits per heavy atom. The number of aliphatic hydroxyl groups excluding tert-OH is 1. The summed E-state index contributed by atoms with van der Waals surface area (Å²) in [5.74, 6) is 1.18. The Kier molecular flexibility index (Phi) is 4.04. The van der Waals surface area contributed by atoms with Crippen molar-refractivity contribution in [1.29, 1.82) is 0 Å². The number of furan rings is 1. The fourth-order valence-electron chi connectivity index (χ4n) is 2.34. The van der Waals surface area contributed by atoms with E-state index in [0.717, 1.165) is 17.4 Å². The molecule has 0 aliphatic heterocycles. The van der Waals surface area contributed by atoms with Gasteiger partial charge in [0.2, 0.25) is 0 Å². The van der Waals surface area contributed by atoms with Gasteiger partial charge in [-0.2, -0.15) is 0 Å². The Morgan fingerprint density at radius 1 is 1.28 bits per heavy atom. The van der Waals surface area contributed by atoms with Gasteiger partial charge in [0.05, 0.1) is 0 Å². The highest BCUT2D eigenvalue weighted by Gasteiger charge is 2.23. The van der Waals surface area contributed by atoms with Crippen LogP contribution in [0.4, 0.5) is 0 Å². The Morgan fingerprint density at radius 2 is 2.00 bits per heavy atom. The molecular formula is C15H21NO2. The van der Waals surface area contributed by atoms with E-state index in [1.165, 1.54) is 0 Å². The molecule has 0 bridgehead atoms. The van der Waals surface area contributed by atoms with Crippen molar-refractivity contribution in [1.82, 2.24) is 0 Å². The molecule has 98 valence electrons. The maximum atomic E-state index is 10.4. The summed E-state index contributed by atoms with van der Waals surface area (Å²) < 4.78 is 5.69. The van der Waals surface area contributed by atoms with Gasteiger partial charge in [-0.3, -0.25) is 0 Å². The lowest BCUT2D eigenvalue weighted by Crippen LogP contribution is -2.23. The molecule has 0 amide bonds. The number of nitrogens with two attached hydrogens (primary N) is 1. The number of aliphatic hydroxyl groups is 1. The summed E-state index contributed by atoms with van der Waals surface area (Å²) in [6.45, 7) is 4.73.